The second-order valence-corrected chi connectivity index (χ2v) is 5.94. The Kier molecular flexibility index (Phi) is 3.38. The van der Waals surface area contributed by atoms with E-state index in [1.807, 2.05) is 18.2 Å². The molecule has 0 radical (unpaired) electrons. The Morgan fingerprint density at radius 2 is 2.09 bits per heavy atom. The van der Waals surface area contributed by atoms with Crippen LogP contribution >= 0.6 is 0 Å². The van der Waals surface area contributed by atoms with Gasteiger partial charge in [0.1, 0.15) is 0 Å². The molecular formula is C16H18N4O2. The van der Waals surface area contributed by atoms with Crippen molar-refractivity contribution in [2.45, 2.75) is 31.2 Å². The van der Waals surface area contributed by atoms with Gasteiger partial charge >= 0.3 is 11.8 Å². The molecule has 1 saturated carbocycles. The van der Waals surface area contributed by atoms with E-state index in [0.717, 1.165) is 25.1 Å². The first kappa shape index (κ1) is 13.5. The van der Waals surface area contributed by atoms with Gasteiger partial charge in [-0.1, -0.05) is 18.2 Å². The third-order valence-corrected chi connectivity index (χ3v) is 4.22. The third-order valence-electron chi connectivity index (χ3n) is 4.22. The molecule has 6 heteroatoms. The van der Waals surface area contributed by atoms with Crippen LogP contribution in [0.5, 0.6) is 0 Å². The van der Waals surface area contributed by atoms with Crippen LogP contribution in [0, 0.1) is 0 Å². The second kappa shape index (κ2) is 5.53. The van der Waals surface area contributed by atoms with Gasteiger partial charge in [-0.05, 0) is 43.4 Å². The summed E-state index contributed by atoms with van der Waals surface area (Å²) in [5, 5.41) is 14.1. The molecule has 1 unspecified atom stereocenters. The smallest absolute Gasteiger partial charge is 0.309 e. The Hall–Kier alpha value is -2.21. The van der Waals surface area contributed by atoms with Gasteiger partial charge in [-0.3, -0.25) is 4.79 Å². The Morgan fingerprint density at radius 1 is 1.23 bits per heavy atom. The zero-order chi connectivity index (χ0) is 14.9. The van der Waals surface area contributed by atoms with Crippen LogP contribution < -0.4 is 10.6 Å². The lowest BCUT2D eigenvalue weighted by molar-refractivity contribution is 0.0905. The molecule has 1 saturated heterocycles. The van der Waals surface area contributed by atoms with Gasteiger partial charge in [0.05, 0.1) is 0 Å². The molecule has 1 aliphatic carbocycles. The molecule has 22 heavy (non-hydrogen) atoms. The first-order chi connectivity index (χ1) is 10.8. The highest BCUT2D eigenvalue weighted by Gasteiger charge is 2.28. The van der Waals surface area contributed by atoms with E-state index in [1.165, 1.54) is 18.4 Å². The molecule has 2 aliphatic rings. The molecule has 1 aromatic heterocycles. The first-order valence-corrected chi connectivity index (χ1v) is 7.75. The van der Waals surface area contributed by atoms with Crippen LogP contribution in [0.25, 0.3) is 11.5 Å². The van der Waals surface area contributed by atoms with Crippen molar-refractivity contribution in [3.63, 3.8) is 0 Å². The van der Waals surface area contributed by atoms with Crippen molar-refractivity contribution in [2.24, 2.45) is 0 Å². The van der Waals surface area contributed by atoms with E-state index in [9.17, 15) is 4.79 Å². The van der Waals surface area contributed by atoms with E-state index in [1.54, 1.807) is 0 Å². The molecule has 2 fully saturated rings. The van der Waals surface area contributed by atoms with Crippen molar-refractivity contribution in [3.8, 4) is 11.5 Å². The molecule has 4 rings (SSSR count). The fourth-order valence-electron chi connectivity index (χ4n) is 2.89. The highest BCUT2D eigenvalue weighted by molar-refractivity contribution is 5.90. The molecule has 0 spiro atoms. The molecule has 1 aliphatic heterocycles. The Labute approximate surface area is 128 Å². The summed E-state index contributed by atoms with van der Waals surface area (Å²) in [6.07, 6.45) is 3.33. The summed E-state index contributed by atoms with van der Waals surface area (Å²) in [5.41, 5.74) is 2.18. The van der Waals surface area contributed by atoms with Gasteiger partial charge in [-0.2, -0.15) is 0 Å². The van der Waals surface area contributed by atoms with Crippen molar-refractivity contribution in [1.29, 1.82) is 0 Å². The molecule has 114 valence electrons. The van der Waals surface area contributed by atoms with Crippen LogP contribution in [-0.2, 0) is 0 Å². The average molecular weight is 298 g/mol. The van der Waals surface area contributed by atoms with Crippen LogP contribution in [0.15, 0.2) is 28.7 Å². The number of carbonyl (C=O) groups excluding carboxylic acids is 1. The van der Waals surface area contributed by atoms with Gasteiger partial charge in [0.15, 0.2) is 0 Å². The van der Waals surface area contributed by atoms with Gasteiger partial charge in [0, 0.05) is 18.2 Å². The quantitative estimate of drug-likeness (QED) is 0.898. The number of hydrogen-bond donors (Lipinski definition) is 2. The number of aromatic nitrogens is 2. The van der Waals surface area contributed by atoms with Gasteiger partial charge in [0.2, 0.25) is 5.89 Å². The lowest BCUT2D eigenvalue weighted by Gasteiger charge is -2.08. The van der Waals surface area contributed by atoms with Crippen LogP contribution in [0.2, 0.25) is 0 Å². The van der Waals surface area contributed by atoms with E-state index >= 15 is 0 Å². The summed E-state index contributed by atoms with van der Waals surface area (Å²) in [6.45, 7) is 1.71. The molecule has 0 bridgehead atoms. The summed E-state index contributed by atoms with van der Waals surface area (Å²) in [5.74, 6) is 0.756. The topological polar surface area (TPSA) is 80.0 Å². The lowest BCUT2D eigenvalue weighted by atomic mass is 10.0. The minimum atomic E-state index is -0.295. The number of benzene rings is 1. The SMILES string of the molecule is O=C(NC1CCNC1)c1nnc(-c2ccccc2C2CC2)o1. The molecule has 6 nitrogen and oxygen atoms in total. The zero-order valence-corrected chi connectivity index (χ0v) is 12.2. The normalized spacial score (nSPS) is 21.0. The zero-order valence-electron chi connectivity index (χ0n) is 12.2. The van der Waals surface area contributed by atoms with Crippen molar-refractivity contribution >= 4 is 5.91 Å². The molecule has 1 atom stereocenters. The number of rotatable bonds is 4. The van der Waals surface area contributed by atoms with Crippen LogP contribution in [0.4, 0.5) is 0 Å². The summed E-state index contributed by atoms with van der Waals surface area (Å²) >= 11 is 0. The van der Waals surface area contributed by atoms with Crippen LogP contribution in [0.3, 0.4) is 0 Å². The molecule has 1 amide bonds. The average Bonchev–Trinajstić information content (AvgIpc) is 3.05. The van der Waals surface area contributed by atoms with Gasteiger partial charge in [0.25, 0.3) is 0 Å². The summed E-state index contributed by atoms with van der Waals surface area (Å²) in [6, 6.07) is 8.19. The van der Waals surface area contributed by atoms with E-state index in [2.05, 4.69) is 26.9 Å². The molecule has 1 aromatic carbocycles. The van der Waals surface area contributed by atoms with Crippen LogP contribution in [-0.4, -0.2) is 35.2 Å². The standard InChI is InChI=1S/C16H18N4O2/c21-14(18-11-7-8-17-9-11)16-20-19-15(22-16)13-4-2-1-3-12(13)10-5-6-10/h1-4,10-11,17H,5-9H2,(H,18,21). The Bertz CT molecular complexity index is 687. The maximum atomic E-state index is 12.1. The number of hydrogen-bond acceptors (Lipinski definition) is 5. The number of nitrogens with one attached hydrogen (secondary N) is 2. The largest absolute Gasteiger partial charge is 0.412 e. The highest BCUT2D eigenvalue weighted by atomic mass is 16.4. The number of amides is 1. The molecule has 2 heterocycles. The molecular weight excluding hydrogens is 280 g/mol. The van der Waals surface area contributed by atoms with E-state index < -0.39 is 0 Å². The monoisotopic (exact) mass is 298 g/mol. The third kappa shape index (κ3) is 2.62. The van der Waals surface area contributed by atoms with E-state index in [0.29, 0.717) is 11.8 Å². The van der Waals surface area contributed by atoms with E-state index in [-0.39, 0.29) is 17.8 Å². The minimum Gasteiger partial charge on any atom is -0.412 e. The van der Waals surface area contributed by atoms with Crippen molar-refractivity contribution < 1.29 is 9.21 Å². The number of nitrogens with zero attached hydrogens (tertiary/aromatic N) is 2. The highest BCUT2D eigenvalue weighted by Crippen LogP contribution is 2.43. The summed E-state index contributed by atoms with van der Waals surface area (Å²) in [7, 11) is 0. The fraction of sp³-hybridized carbons (Fsp3) is 0.438. The lowest BCUT2D eigenvalue weighted by Crippen LogP contribution is -2.36. The Morgan fingerprint density at radius 3 is 2.86 bits per heavy atom. The maximum Gasteiger partial charge on any atom is 0.309 e. The van der Waals surface area contributed by atoms with Gasteiger partial charge in [-0.15, -0.1) is 10.2 Å². The van der Waals surface area contributed by atoms with Crippen molar-refractivity contribution in [2.75, 3.05) is 13.1 Å². The summed E-state index contributed by atoms with van der Waals surface area (Å²) in [4.78, 5) is 12.1. The predicted octanol–water partition coefficient (Wildman–Crippen LogP) is 1.71. The predicted molar refractivity (Wildman–Crippen MR) is 80.4 cm³/mol. The molecule has 2 aromatic rings. The van der Waals surface area contributed by atoms with Crippen molar-refractivity contribution in [3.05, 3.63) is 35.7 Å². The second-order valence-electron chi connectivity index (χ2n) is 5.94. The van der Waals surface area contributed by atoms with E-state index in [4.69, 9.17) is 4.42 Å². The first-order valence-electron chi connectivity index (χ1n) is 7.75. The van der Waals surface area contributed by atoms with Gasteiger partial charge in [-0.25, -0.2) is 0 Å². The molecule has 2 N–H and O–H groups in total. The van der Waals surface area contributed by atoms with Crippen LogP contribution in [0.1, 0.15) is 41.4 Å². The maximum absolute atomic E-state index is 12.1. The minimum absolute atomic E-state index is 0.0347. The van der Waals surface area contributed by atoms with Gasteiger partial charge < -0.3 is 15.1 Å². The van der Waals surface area contributed by atoms with Crippen molar-refractivity contribution in [1.82, 2.24) is 20.8 Å². The fourth-order valence-corrected chi connectivity index (χ4v) is 2.89. The summed E-state index contributed by atoms with van der Waals surface area (Å²) < 4.78 is 5.61. The Balaban J connectivity index is 1.55. The number of carbonyl (C=O) groups is 1.